The molecular weight excluding hydrogens is 250 g/mol. The molecule has 1 aromatic carbocycles. The van der Waals surface area contributed by atoms with Gasteiger partial charge >= 0.3 is 5.97 Å². The average molecular weight is 272 g/mol. The molecule has 0 aliphatic carbocycles. The van der Waals surface area contributed by atoms with E-state index in [9.17, 15) is 4.79 Å². The summed E-state index contributed by atoms with van der Waals surface area (Å²) < 4.78 is 0. The van der Waals surface area contributed by atoms with Crippen LogP contribution in [0.5, 0.6) is 0 Å². The molecule has 0 heterocycles. The van der Waals surface area contributed by atoms with Gasteiger partial charge in [0.15, 0.2) is 0 Å². The van der Waals surface area contributed by atoms with E-state index in [-0.39, 0.29) is 18.8 Å². The van der Waals surface area contributed by atoms with Gasteiger partial charge in [0.05, 0.1) is 0 Å². The van der Waals surface area contributed by atoms with Crippen LogP contribution in [0.15, 0.2) is 24.3 Å². The highest BCUT2D eigenvalue weighted by atomic mass is 35.5. The van der Waals surface area contributed by atoms with Crippen LogP contribution in [-0.4, -0.2) is 24.2 Å². The predicted molar refractivity (Wildman–Crippen MR) is 76.5 cm³/mol. The van der Waals surface area contributed by atoms with Crippen molar-refractivity contribution in [1.29, 1.82) is 0 Å². The molecule has 102 valence electrons. The smallest absolute Gasteiger partial charge is 0.303 e. The van der Waals surface area contributed by atoms with E-state index in [2.05, 4.69) is 36.5 Å². The molecule has 2 N–H and O–H groups in total. The van der Waals surface area contributed by atoms with Crippen molar-refractivity contribution in [3.05, 3.63) is 35.4 Å². The Hall–Kier alpha value is -1.06. The molecule has 1 rings (SSSR count). The van der Waals surface area contributed by atoms with Crippen LogP contribution in [0.2, 0.25) is 0 Å². The number of aliphatic carboxylic acids is 1. The summed E-state index contributed by atoms with van der Waals surface area (Å²) >= 11 is 0. The number of carbonyl (C=O) groups is 1. The fourth-order valence-electron chi connectivity index (χ4n) is 1.74. The topological polar surface area (TPSA) is 49.3 Å². The highest BCUT2D eigenvalue weighted by Gasteiger charge is 2.01. The Labute approximate surface area is 115 Å². The van der Waals surface area contributed by atoms with Crippen molar-refractivity contribution >= 4 is 18.4 Å². The van der Waals surface area contributed by atoms with Gasteiger partial charge in [0.1, 0.15) is 0 Å². The van der Waals surface area contributed by atoms with E-state index >= 15 is 0 Å². The molecule has 0 fully saturated rings. The number of hydrogen-bond acceptors (Lipinski definition) is 2. The van der Waals surface area contributed by atoms with Crippen LogP contribution in [0.1, 0.15) is 30.9 Å². The van der Waals surface area contributed by atoms with Crippen molar-refractivity contribution in [3.8, 4) is 0 Å². The number of carboxylic acids is 1. The third kappa shape index (κ3) is 6.62. The zero-order valence-electron chi connectivity index (χ0n) is 11.0. The van der Waals surface area contributed by atoms with Gasteiger partial charge in [0.25, 0.3) is 0 Å². The SMILES string of the molecule is CN[C@@H](C)Cc1ccc(CCCC(=O)O)cc1.Cl. The molecular formula is C14H22ClNO2. The van der Waals surface area contributed by atoms with Gasteiger partial charge in [0.2, 0.25) is 0 Å². The van der Waals surface area contributed by atoms with Gasteiger partial charge in [-0.3, -0.25) is 4.79 Å². The summed E-state index contributed by atoms with van der Waals surface area (Å²) in [5, 5.41) is 11.8. The van der Waals surface area contributed by atoms with Gasteiger partial charge in [-0.15, -0.1) is 12.4 Å². The molecule has 0 amide bonds. The van der Waals surface area contributed by atoms with Gasteiger partial charge in [-0.2, -0.15) is 0 Å². The fourth-order valence-corrected chi connectivity index (χ4v) is 1.74. The summed E-state index contributed by atoms with van der Waals surface area (Å²) in [6.45, 7) is 2.15. The average Bonchev–Trinajstić information content (AvgIpc) is 2.31. The molecule has 3 nitrogen and oxygen atoms in total. The first-order valence-electron chi connectivity index (χ1n) is 6.08. The Balaban J connectivity index is 0.00000289. The summed E-state index contributed by atoms with van der Waals surface area (Å²) in [5.41, 5.74) is 2.53. The van der Waals surface area contributed by atoms with Gasteiger partial charge in [-0.05, 0) is 44.4 Å². The highest BCUT2D eigenvalue weighted by molar-refractivity contribution is 5.85. The summed E-state index contributed by atoms with van der Waals surface area (Å²) in [5.74, 6) is -0.718. The molecule has 4 heteroatoms. The minimum absolute atomic E-state index is 0. The van der Waals surface area contributed by atoms with Gasteiger partial charge in [0, 0.05) is 12.5 Å². The van der Waals surface area contributed by atoms with E-state index in [4.69, 9.17) is 5.11 Å². The van der Waals surface area contributed by atoms with Crippen molar-refractivity contribution in [2.45, 2.75) is 38.6 Å². The first-order chi connectivity index (χ1) is 8.11. The number of rotatable bonds is 7. The van der Waals surface area contributed by atoms with Crippen LogP contribution < -0.4 is 5.32 Å². The number of benzene rings is 1. The molecule has 0 aliphatic heterocycles. The predicted octanol–water partition coefficient (Wildman–Crippen LogP) is 2.67. The minimum Gasteiger partial charge on any atom is -0.481 e. The Morgan fingerprint density at radius 1 is 1.28 bits per heavy atom. The van der Waals surface area contributed by atoms with Crippen LogP contribution in [0.4, 0.5) is 0 Å². The van der Waals surface area contributed by atoms with Gasteiger partial charge < -0.3 is 10.4 Å². The lowest BCUT2D eigenvalue weighted by Gasteiger charge is -2.10. The largest absolute Gasteiger partial charge is 0.481 e. The van der Waals surface area contributed by atoms with Crippen LogP contribution >= 0.6 is 12.4 Å². The zero-order chi connectivity index (χ0) is 12.7. The van der Waals surface area contributed by atoms with Crippen molar-refractivity contribution in [1.82, 2.24) is 5.32 Å². The molecule has 1 atom stereocenters. The maximum absolute atomic E-state index is 10.4. The van der Waals surface area contributed by atoms with E-state index in [1.165, 1.54) is 11.1 Å². The maximum atomic E-state index is 10.4. The zero-order valence-corrected chi connectivity index (χ0v) is 11.8. The van der Waals surface area contributed by atoms with Gasteiger partial charge in [-0.25, -0.2) is 0 Å². The summed E-state index contributed by atoms with van der Waals surface area (Å²) in [7, 11) is 1.96. The lowest BCUT2D eigenvalue weighted by atomic mass is 10.0. The number of nitrogens with one attached hydrogen (secondary N) is 1. The van der Waals surface area contributed by atoms with Crippen molar-refractivity contribution in [3.63, 3.8) is 0 Å². The molecule has 0 aliphatic rings. The third-order valence-electron chi connectivity index (χ3n) is 2.91. The first kappa shape index (κ1) is 16.9. The second-order valence-corrected chi connectivity index (χ2v) is 4.46. The second-order valence-electron chi connectivity index (χ2n) is 4.46. The van der Waals surface area contributed by atoms with Crippen LogP contribution in [0.25, 0.3) is 0 Å². The molecule has 0 aromatic heterocycles. The molecule has 0 saturated heterocycles. The monoisotopic (exact) mass is 271 g/mol. The quantitative estimate of drug-likeness (QED) is 0.802. The van der Waals surface area contributed by atoms with Crippen LogP contribution in [0.3, 0.4) is 0 Å². The van der Waals surface area contributed by atoms with E-state index in [1.807, 2.05) is 7.05 Å². The molecule has 0 saturated carbocycles. The van der Waals surface area contributed by atoms with E-state index in [0.717, 1.165) is 12.8 Å². The second kappa shape index (κ2) is 8.95. The lowest BCUT2D eigenvalue weighted by Crippen LogP contribution is -2.23. The molecule has 18 heavy (non-hydrogen) atoms. The number of carboxylic acid groups (broad SMARTS) is 1. The number of likely N-dealkylation sites (N-methyl/N-ethyl adjacent to an activating group) is 1. The minimum atomic E-state index is -0.718. The summed E-state index contributed by atoms with van der Waals surface area (Å²) in [6.07, 6.45) is 2.82. The highest BCUT2D eigenvalue weighted by Crippen LogP contribution is 2.09. The fraction of sp³-hybridized carbons (Fsp3) is 0.500. The van der Waals surface area contributed by atoms with Crippen molar-refractivity contribution in [2.75, 3.05) is 7.05 Å². The van der Waals surface area contributed by atoms with Crippen LogP contribution in [-0.2, 0) is 17.6 Å². The number of halogens is 1. The molecule has 0 radical (unpaired) electrons. The normalized spacial score (nSPS) is 11.7. The van der Waals surface area contributed by atoms with Crippen molar-refractivity contribution < 1.29 is 9.90 Å². The summed E-state index contributed by atoms with van der Waals surface area (Å²) in [6, 6.07) is 8.93. The molecule has 0 bridgehead atoms. The maximum Gasteiger partial charge on any atom is 0.303 e. The number of aryl methyl sites for hydroxylation is 1. The third-order valence-corrected chi connectivity index (χ3v) is 2.91. The summed E-state index contributed by atoms with van der Waals surface area (Å²) in [4.78, 5) is 10.4. The lowest BCUT2D eigenvalue weighted by molar-refractivity contribution is -0.137. The molecule has 1 aromatic rings. The Morgan fingerprint density at radius 3 is 2.33 bits per heavy atom. The van der Waals surface area contributed by atoms with Crippen LogP contribution in [0, 0.1) is 0 Å². The number of hydrogen-bond donors (Lipinski definition) is 2. The standard InChI is InChI=1S/C14H21NO2.ClH/c1-11(15-2)10-13-8-6-12(7-9-13)4-3-5-14(16)17;/h6-9,11,15H,3-5,10H2,1-2H3,(H,16,17);1H/t11-;/m0./s1. The van der Waals surface area contributed by atoms with Gasteiger partial charge in [-0.1, -0.05) is 24.3 Å². The van der Waals surface area contributed by atoms with E-state index in [0.29, 0.717) is 12.5 Å². The first-order valence-corrected chi connectivity index (χ1v) is 6.08. The Morgan fingerprint density at radius 2 is 1.83 bits per heavy atom. The van der Waals surface area contributed by atoms with Crippen molar-refractivity contribution in [2.24, 2.45) is 0 Å². The Kier molecular flexibility index (Phi) is 8.42. The Bertz CT molecular complexity index is 351. The molecule has 0 unspecified atom stereocenters. The molecule has 0 spiro atoms. The van der Waals surface area contributed by atoms with E-state index in [1.54, 1.807) is 0 Å². The van der Waals surface area contributed by atoms with E-state index < -0.39 is 5.97 Å².